The number of carbonyl (C=O) groups excluding carboxylic acids is 1. The number of hydrogen-bond acceptors (Lipinski definition) is 2. The molecule has 0 aromatic carbocycles. The highest BCUT2D eigenvalue weighted by atomic mass is 19.4. The van der Waals surface area contributed by atoms with Crippen LogP contribution < -0.4 is 5.32 Å². The first-order valence-electron chi connectivity index (χ1n) is 6.07. The summed E-state index contributed by atoms with van der Waals surface area (Å²) in [5.41, 5.74) is 0. The Morgan fingerprint density at radius 2 is 2.00 bits per heavy atom. The van der Waals surface area contributed by atoms with Gasteiger partial charge in [-0.1, -0.05) is 6.42 Å². The maximum atomic E-state index is 12.5. The van der Waals surface area contributed by atoms with Gasteiger partial charge in [0.15, 0.2) is 0 Å². The number of alkyl halides is 3. The van der Waals surface area contributed by atoms with Crippen LogP contribution in [0.4, 0.5) is 13.2 Å². The summed E-state index contributed by atoms with van der Waals surface area (Å²) in [6, 6.07) is -0.268. The minimum absolute atomic E-state index is 0.0436. The molecule has 0 aromatic rings. The molecule has 0 saturated carbocycles. The third-order valence-corrected chi connectivity index (χ3v) is 3.57. The monoisotopic (exact) mass is 250 g/mol. The largest absolute Gasteiger partial charge is 0.393 e. The van der Waals surface area contributed by atoms with Crippen LogP contribution in [0.5, 0.6) is 0 Å². The zero-order valence-corrected chi connectivity index (χ0v) is 9.59. The van der Waals surface area contributed by atoms with Gasteiger partial charge in [0, 0.05) is 13.1 Å². The predicted molar refractivity (Wildman–Crippen MR) is 56.4 cm³/mol. The van der Waals surface area contributed by atoms with Crippen LogP contribution in [-0.4, -0.2) is 42.7 Å². The second kappa shape index (κ2) is 4.84. The lowest BCUT2D eigenvalue weighted by Gasteiger charge is -2.27. The highest BCUT2D eigenvalue weighted by Crippen LogP contribution is 2.33. The molecule has 2 atom stereocenters. The molecular weight excluding hydrogens is 233 g/mol. The third-order valence-electron chi connectivity index (χ3n) is 3.57. The van der Waals surface area contributed by atoms with Gasteiger partial charge in [-0.2, -0.15) is 13.2 Å². The fraction of sp³-hybridized carbons (Fsp3) is 0.909. The normalized spacial score (nSPS) is 30.6. The Morgan fingerprint density at radius 1 is 1.24 bits per heavy atom. The summed E-state index contributed by atoms with van der Waals surface area (Å²) in [7, 11) is 0. The fourth-order valence-corrected chi connectivity index (χ4v) is 2.51. The first-order valence-corrected chi connectivity index (χ1v) is 6.07. The van der Waals surface area contributed by atoms with Gasteiger partial charge >= 0.3 is 6.18 Å². The van der Waals surface area contributed by atoms with Gasteiger partial charge in [0.25, 0.3) is 0 Å². The quantitative estimate of drug-likeness (QED) is 0.765. The van der Waals surface area contributed by atoms with E-state index in [-0.39, 0.29) is 31.5 Å². The van der Waals surface area contributed by atoms with Crippen molar-refractivity contribution in [3.8, 4) is 0 Å². The molecule has 3 nitrogen and oxygen atoms in total. The van der Waals surface area contributed by atoms with Crippen molar-refractivity contribution in [3.05, 3.63) is 0 Å². The molecule has 2 aliphatic rings. The number of nitrogens with one attached hydrogen (secondary N) is 1. The molecule has 1 N–H and O–H groups in total. The molecule has 2 heterocycles. The van der Waals surface area contributed by atoms with Crippen LogP contribution in [0, 0.1) is 5.92 Å². The lowest BCUT2D eigenvalue weighted by molar-refractivity contribution is -0.171. The number of rotatable bonds is 1. The smallest absolute Gasteiger partial charge is 0.341 e. The van der Waals surface area contributed by atoms with E-state index in [0.29, 0.717) is 0 Å². The van der Waals surface area contributed by atoms with E-state index in [2.05, 4.69) is 5.32 Å². The minimum Gasteiger partial charge on any atom is -0.341 e. The van der Waals surface area contributed by atoms with E-state index in [9.17, 15) is 18.0 Å². The Labute approximate surface area is 98.3 Å². The van der Waals surface area contributed by atoms with Crippen LogP contribution in [-0.2, 0) is 4.79 Å². The molecule has 0 bridgehead atoms. The number of amides is 1. The van der Waals surface area contributed by atoms with Crippen LogP contribution in [0.25, 0.3) is 0 Å². The van der Waals surface area contributed by atoms with Crippen molar-refractivity contribution in [2.75, 3.05) is 19.6 Å². The van der Waals surface area contributed by atoms with Crippen molar-refractivity contribution >= 4 is 5.91 Å². The minimum atomic E-state index is -4.17. The molecule has 98 valence electrons. The van der Waals surface area contributed by atoms with Crippen molar-refractivity contribution in [3.63, 3.8) is 0 Å². The predicted octanol–water partition coefficient (Wildman–Crippen LogP) is 1.54. The Balaban J connectivity index is 1.89. The molecule has 2 saturated heterocycles. The Kier molecular flexibility index (Phi) is 3.61. The standard InChI is InChI=1S/C11H17F3N2O/c12-11(13,14)8-4-6-16(7-8)10(17)9-3-1-2-5-15-9/h8-9,15H,1-7H2/t8-,9-/m0/s1. The molecule has 2 aliphatic heterocycles. The maximum absolute atomic E-state index is 12.5. The van der Waals surface area contributed by atoms with Crippen molar-refractivity contribution in [1.82, 2.24) is 10.2 Å². The van der Waals surface area contributed by atoms with Crippen LogP contribution >= 0.6 is 0 Å². The van der Waals surface area contributed by atoms with E-state index in [1.54, 1.807) is 0 Å². The number of hydrogen-bond donors (Lipinski definition) is 1. The summed E-state index contributed by atoms with van der Waals surface area (Å²) in [6.07, 6.45) is -1.38. The molecule has 0 aromatic heterocycles. The number of halogens is 3. The molecule has 6 heteroatoms. The van der Waals surface area contributed by atoms with Crippen molar-refractivity contribution in [2.24, 2.45) is 5.92 Å². The third kappa shape index (κ3) is 2.91. The van der Waals surface area contributed by atoms with E-state index in [0.717, 1.165) is 25.8 Å². The van der Waals surface area contributed by atoms with Gasteiger partial charge < -0.3 is 10.2 Å². The van der Waals surface area contributed by atoms with Crippen LogP contribution in [0.15, 0.2) is 0 Å². The molecule has 1 amide bonds. The number of likely N-dealkylation sites (tertiary alicyclic amines) is 1. The molecule has 0 radical (unpaired) electrons. The molecule has 0 unspecified atom stereocenters. The van der Waals surface area contributed by atoms with Gasteiger partial charge in [-0.05, 0) is 25.8 Å². The highest BCUT2D eigenvalue weighted by Gasteiger charge is 2.45. The Morgan fingerprint density at radius 3 is 2.53 bits per heavy atom. The van der Waals surface area contributed by atoms with Crippen LogP contribution in [0.3, 0.4) is 0 Å². The van der Waals surface area contributed by atoms with Gasteiger partial charge in [0.2, 0.25) is 5.91 Å². The first kappa shape index (κ1) is 12.7. The average molecular weight is 250 g/mol. The number of piperidine rings is 1. The maximum Gasteiger partial charge on any atom is 0.393 e. The number of nitrogens with zero attached hydrogens (tertiary/aromatic N) is 1. The lowest BCUT2D eigenvalue weighted by Crippen LogP contribution is -2.48. The zero-order chi connectivity index (χ0) is 12.5. The highest BCUT2D eigenvalue weighted by molar-refractivity contribution is 5.82. The van der Waals surface area contributed by atoms with Gasteiger partial charge in [-0.3, -0.25) is 4.79 Å². The van der Waals surface area contributed by atoms with E-state index < -0.39 is 12.1 Å². The van der Waals surface area contributed by atoms with Crippen molar-refractivity contribution < 1.29 is 18.0 Å². The van der Waals surface area contributed by atoms with Gasteiger partial charge in [-0.25, -0.2) is 0 Å². The number of carbonyl (C=O) groups is 1. The van der Waals surface area contributed by atoms with Crippen LogP contribution in [0.1, 0.15) is 25.7 Å². The molecule has 2 rings (SSSR count). The summed E-state index contributed by atoms with van der Waals surface area (Å²) >= 11 is 0. The van der Waals surface area contributed by atoms with Crippen molar-refractivity contribution in [2.45, 2.75) is 37.9 Å². The van der Waals surface area contributed by atoms with E-state index in [1.807, 2.05) is 0 Å². The summed E-state index contributed by atoms with van der Waals surface area (Å²) < 4.78 is 37.5. The summed E-state index contributed by atoms with van der Waals surface area (Å²) in [5, 5.41) is 3.08. The summed E-state index contributed by atoms with van der Waals surface area (Å²) in [6.45, 7) is 0.856. The molecular formula is C11H17F3N2O. The van der Waals surface area contributed by atoms with Gasteiger partial charge in [0.05, 0.1) is 12.0 Å². The topological polar surface area (TPSA) is 32.3 Å². The second-order valence-corrected chi connectivity index (χ2v) is 4.81. The lowest BCUT2D eigenvalue weighted by atomic mass is 10.0. The molecule has 0 aliphatic carbocycles. The van der Waals surface area contributed by atoms with Gasteiger partial charge in [-0.15, -0.1) is 0 Å². The molecule has 17 heavy (non-hydrogen) atoms. The zero-order valence-electron chi connectivity index (χ0n) is 9.59. The van der Waals surface area contributed by atoms with E-state index >= 15 is 0 Å². The van der Waals surface area contributed by atoms with Gasteiger partial charge in [0.1, 0.15) is 0 Å². The SMILES string of the molecule is O=C([C@@H]1CCCCN1)N1CC[C@H](C(F)(F)F)C1. The van der Waals surface area contributed by atoms with Crippen LogP contribution in [0.2, 0.25) is 0 Å². The van der Waals surface area contributed by atoms with Crippen molar-refractivity contribution in [1.29, 1.82) is 0 Å². The Hall–Kier alpha value is -0.780. The fourth-order valence-electron chi connectivity index (χ4n) is 2.51. The summed E-state index contributed by atoms with van der Waals surface area (Å²) in [5.74, 6) is -1.49. The second-order valence-electron chi connectivity index (χ2n) is 4.81. The molecule has 2 fully saturated rings. The molecule has 0 spiro atoms. The van der Waals surface area contributed by atoms with E-state index in [1.165, 1.54) is 4.90 Å². The first-order chi connectivity index (χ1) is 7.98. The Bertz CT molecular complexity index is 287. The summed E-state index contributed by atoms with van der Waals surface area (Å²) in [4.78, 5) is 13.3. The average Bonchev–Trinajstić information content (AvgIpc) is 2.78. The van der Waals surface area contributed by atoms with E-state index in [4.69, 9.17) is 0 Å².